The molecule has 1 saturated heterocycles. The number of rotatable bonds is 6. The molecule has 0 radical (unpaired) electrons. The van der Waals surface area contributed by atoms with Gasteiger partial charge < -0.3 is 15.0 Å². The molecular weight excluding hydrogens is 260 g/mol. The summed E-state index contributed by atoms with van der Waals surface area (Å²) in [6.45, 7) is 7.39. The van der Waals surface area contributed by atoms with Crippen molar-refractivity contribution in [1.82, 2.24) is 5.32 Å². The van der Waals surface area contributed by atoms with Crippen molar-refractivity contribution in [3.05, 3.63) is 29.8 Å². The summed E-state index contributed by atoms with van der Waals surface area (Å²) >= 11 is 0. The summed E-state index contributed by atoms with van der Waals surface area (Å²) in [4.78, 5) is 2.13. The van der Waals surface area contributed by atoms with Gasteiger partial charge in [-0.2, -0.15) is 0 Å². The number of nitrogens with zero attached hydrogens (tertiary/aromatic N) is 1. The van der Waals surface area contributed by atoms with Crippen LogP contribution in [0.3, 0.4) is 0 Å². The van der Waals surface area contributed by atoms with Crippen LogP contribution in [0.5, 0.6) is 0 Å². The Morgan fingerprint density at radius 1 is 1.24 bits per heavy atom. The molecule has 1 N–H and O–H groups in total. The molecule has 3 nitrogen and oxygen atoms in total. The summed E-state index contributed by atoms with van der Waals surface area (Å²) in [5.74, 6) is 0.803. The third-order valence-electron chi connectivity index (χ3n) is 4.31. The largest absolute Gasteiger partial charge is 0.378 e. The van der Waals surface area contributed by atoms with Crippen molar-refractivity contribution in [3.63, 3.8) is 0 Å². The lowest BCUT2D eigenvalue weighted by Crippen LogP contribution is -2.35. The normalized spacial score (nSPS) is 21.2. The predicted octanol–water partition coefficient (Wildman–Crippen LogP) is 3.44. The maximum Gasteiger partial charge on any atom is 0.0629 e. The smallest absolute Gasteiger partial charge is 0.0629 e. The molecular formula is C18H30N2O. The molecule has 1 aliphatic heterocycles. The molecule has 0 unspecified atom stereocenters. The van der Waals surface area contributed by atoms with E-state index in [1.807, 2.05) is 0 Å². The van der Waals surface area contributed by atoms with Crippen molar-refractivity contribution < 1.29 is 4.74 Å². The van der Waals surface area contributed by atoms with Crippen LogP contribution in [0.1, 0.15) is 38.7 Å². The molecule has 1 aromatic carbocycles. The number of hydrogen-bond donors (Lipinski definition) is 1. The molecule has 1 heterocycles. The van der Waals surface area contributed by atoms with E-state index < -0.39 is 0 Å². The van der Waals surface area contributed by atoms with Gasteiger partial charge in [0.1, 0.15) is 0 Å². The summed E-state index contributed by atoms with van der Waals surface area (Å²) in [6, 6.07) is 8.77. The lowest BCUT2D eigenvalue weighted by molar-refractivity contribution is -0.0733. The summed E-state index contributed by atoms with van der Waals surface area (Å²) in [5, 5.41) is 3.57. The summed E-state index contributed by atoms with van der Waals surface area (Å²) < 4.78 is 5.78. The molecule has 1 aromatic rings. The minimum absolute atomic E-state index is 0.0743. The Balaban J connectivity index is 1.67. The van der Waals surface area contributed by atoms with Crippen LogP contribution in [0.15, 0.2) is 24.3 Å². The van der Waals surface area contributed by atoms with E-state index in [2.05, 4.69) is 62.4 Å². The van der Waals surface area contributed by atoms with Crippen LogP contribution in [-0.4, -0.2) is 32.8 Å². The van der Waals surface area contributed by atoms with E-state index in [0.717, 1.165) is 25.6 Å². The Morgan fingerprint density at radius 3 is 2.57 bits per heavy atom. The van der Waals surface area contributed by atoms with Gasteiger partial charge in [0.25, 0.3) is 0 Å². The van der Waals surface area contributed by atoms with E-state index in [1.54, 1.807) is 0 Å². The van der Waals surface area contributed by atoms with Crippen LogP contribution in [0, 0.1) is 5.92 Å². The lowest BCUT2D eigenvalue weighted by atomic mass is 9.86. The third kappa shape index (κ3) is 5.33. The molecule has 3 heteroatoms. The quantitative estimate of drug-likeness (QED) is 0.812. The van der Waals surface area contributed by atoms with E-state index in [9.17, 15) is 0 Å². The average molecular weight is 290 g/mol. The lowest BCUT2D eigenvalue weighted by Gasteiger charge is -2.35. The van der Waals surface area contributed by atoms with Crippen molar-refractivity contribution in [2.45, 2.75) is 45.3 Å². The number of ether oxygens (including phenoxy) is 1. The fourth-order valence-corrected chi connectivity index (χ4v) is 3.06. The molecule has 1 fully saturated rings. The Hall–Kier alpha value is -1.06. The van der Waals surface area contributed by atoms with Gasteiger partial charge in [0.2, 0.25) is 0 Å². The van der Waals surface area contributed by atoms with Crippen molar-refractivity contribution in [2.75, 3.05) is 32.1 Å². The van der Waals surface area contributed by atoms with E-state index in [0.29, 0.717) is 0 Å². The summed E-state index contributed by atoms with van der Waals surface area (Å²) in [7, 11) is 4.14. The minimum Gasteiger partial charge on any atom is -0.378 e. The Morgan fingerprint density at radius 2 is 1.95 bits per heavy atom. The van der Waals surface area contributed by atoms with Crippen molar-refractivity contribution >= 4 is 5.69 Å². The van der Waals surface area contributed by atoms with Gasteiger partial charge in [-0.1, -0.05) is 12.1 Å². The van der Waals surface area contributed by atoms with Gasteiger partial charge in [0, 0.05) is 32.9 Å². The summed E-state index contributed by atoms with van der Waals surface area (Å²) in [6.07, 6.45) is 3.65. The first kappa shape index (κ1) is 16.3. The minimum atomic E-state index is 0.0743. The molecule has 0 bridgehead atoms. The first-order valence-electron chi connectivity index (χ1n) is 8.07. The molecule has 0 aliphatic carbocycles. The molecule has 118 valence electrons. The van der Waals surface area contributed by atoms with Crippen molar-refractivity contribution in [1.29, 1.82) is 0 Å². The maximum absolute atomic E-state index is 5.78. The second-order valence-corrected chi connectivity index (χ2v) is 6.99. The number of anilines is 1. The van der Waals surface area contributed by atoms with Crippen LogP contribution >= 0.6 is 0 Å². The van der Waals surface area contributed by atoms with E-state index in [1.165, 1.54) is 30.5 Å². The van der Waals surface area contributed by atoms with Gasteiger partial charge in [-0.05, 0) is 63.3 Å². The van der Waals surface area contributed by atoms with Gasteiger partial charge in [0.05, 0.1) is 5.60 Å². The predicted molar refractivity (Wildman–Crippen MR) is 89.8 cm³/mol. The fourth-order valence-electron chi connectivity index (χ4n) is 3.06. The van der Waals surface area contributed by atoms with Crippen LogP contribution in [0.25, 0.3) is 0 Å². The van der Waals surface area contributed by atoms with Gasteiger partial charge in [0.15, 0.2) is 0 Å². The van der Waals surface area contributed by atoms with E-state index in [4.69, 9.17) is 4.74 Å². The van der Waals surface area contributed by atoms with Crippen molar-refractivity contribution in [3.8, 4) is 0 Å². The van der Waals surface area contributed by atoms with E-state index >= 15 is 0 Å². The molecule has 1 aliphatic rings. The highest BCUT2D eigenvalue weighted by Crippen LogP contribution is 2.30. The Bertz CT molecular complexity index is 425. The maximum atomic E-state index is 5.78. The van der Waals surface area contributed by atoms with Gasteiger partial charge in [-0.25, -0.2) is 0 Å². The molecule has 0 aromatic heterocycles. The Kier molecular flexibility index (Phi) is 5.65. The number of benzene rings is 1. The molecule has 2 rings (SSSR count). The third-order valence-corrected chi connectivity index (χ3v) is 4.31. The second-order valence-electron chi connectivity index (χ2n) is 6.99. The second kappa shape index (κ2) is 7.28. The Labute approximate surface area is 129 Å². The first-order valence-corrected chi connectivity index (χ1v) is 8.07. The van der Waals surface area contributed by atoms with Crippen LogP contribution in [-0.2, 0) is 11.3 Å². The molecule has 21 heavy (non-hydrogen) atoms. The highest BCUT2D eigenvalue weighted by molar-refractivity contribution is 5.45. The van der Waals surface area contributed by atoms with E-state index in [-0.39, 0.29) is 5.60 Å². The zero-order valence-electron chi connectivity index (χ0n) is 14.0. The van der Waals surface area contributed by atoms with Gasteiger partial charge in [-0.15, -0.1) is 0 Å². The van der Waals surface area contributed by atoms with Gasteiger partial charge >= 0.3 is 0 Å². The fraction of sp³-hybridized carbons (Fsp3) is 0.667. The van der Waals surface area contributed by atoms with Gasteiger partial charge in [-0.3, -0.25) is 0 Å². The summed E-state index contributed by atoms with van der Waals surface area (Å²) in [5.41, 5.74) is 2.68. The monoisotopic (exact) mass is 290 g/mol. The number of nitrogens with one attached hydrogen (secondary N) is 1. The molecule has 1 atom stereocenters. The van der Waals surface area contributed by atoms with Crippen LogP contribution in [0.4, 0.5) is 5.69 Å². The molecule has 0 spiro atoms. The standard InChI is InChI=1S/C18H30N2O/c1-18(2)13-15(10-12-21-18)9-11-19-14-16-5-7-17(8-6-16)20(3)4/h5-8,15,19H,9-14H2,1-4H3/t15-/m0/s1. The topological polar surface area (TPSA) is 24.5 Å². The van der Waals surface area contributed by atoms with Crippen molar-refractivity contribution in [2.24, 2.45) is 5.92 Å². The molecule has 0 amide bonds. The number of hydrogen-bond acceptors (Lipinski definition) is 3. The zero-order valence-corrected chi connectivity index (χ0v) is 14.0. The average Bonchev–Trinajstić information content (AvgIpc) is 2.43. The van der Waals surface area contributed by atoms with Crippen LogP contribution < -0.4 is 10.2 Å². The SMILES string of the molecule is CN(C)c1ccc(CNCC[C@H]2CCOC(C)(C)C2)cc1. The highest BCUT2D eigenvalue weighted by atomic mass is 16.5. The molecule has 0 saturated carbocycles. The first-order chi connectivity index (χ1) is 9.96. The highest BCUT2D eigenvalue weighted by Gasteiger charge is 2.28. The van der Waals surface area contributed by atoms with Crippen LogP contribution in [0.2, 0.25) is 0 Å². The zero-order chi connectivity index (χ0) is 15.3.